The average Bonchev–Trinajstić information content (AvgIpc) is 3.33. The molecule has 0 aromatic carbocycles. The number of nitrogens with zero attached hydrogens (tertiary/aromatic N) is 1. The summed E-state index contributed by atoms with van der Waals surface area (Å²) in [4.78, 5) is 80.0. The first kappa shape index (κ1) is 39.0. The average molecular weight is 650 g/mol. The number of carbonyl (C=O) groups excluding carboxylic acids is 6. The van der Waals surface area contributed by atoms with Crippen LogP contribution >= 0.6 is 0 Å². The summed E-state index contributed by atoms with van der Waals surface area (Å²) >= 11 is 0. The Labute approximate surface area is 275 Å². The van der Waals surface area contributed by atoms with Crippen LogP contribution in [0.3, 0.4) is 0 Å². The van der Waals surface area contributed by atoms with Crippen LogP contribution in [0.5, 0.6) is 0 Å². The van der Waals surface area contributed by atoms with Crippen molar-refractivity contribution in [2.75, 3.05) is 13.2 Å². The predicted octanol–water partition coefficient (Wildman–Crippen LogP) is 3.31. The highest BCUT2D eigenvalue weighted by atomic mass is 16.5. The highest BCUT2D eigenvalue weighted by Gasteiger charge is 2.48. The van der Waals surface area contributed by atoms with E-state index in [-0.39, 0.29) is 24.4 Å². The van der Waals surface area contributed by atoms with Gasteiger partial charge in [0.05, 0.1) is 17.5 Å². The zero-order valence-corrected chi connectivity index (χ0v) is 29.9. The van der Waals surface area contributed by atoms with Gasteiger partial charge in [-0.25, -0.2) is 4.79 Å². The van der Waals surface area contributed by atoms with E-state index in [0.717, 1.165) is 19.3 Å². The highest BCUT2D eigenvalue weighted by molar-refractivity contribution is 6.37. The number of likely N-dealkylation sites (tertiary alicyclic amines) is 1. The van der Waals surface area contributed by atoms with E-state index in [1.165, 1.54) is 4.90 Å². The molecular weight excluding hydrogens is 590 g/mol. The molecule has 2 aliphatic rings. The van der Waals surface area contributed by atoms with Crippen LogP contribution in [0.1, 0.15) is 108 Å². The third-order valence-corrected chi connectivity index (χ3v) is 9.25. The second-order valence-electron chi connectivity index (χ2n) is 16.7. The van der Waals surface area contributed by atoms with Crippen molar-refractivity contribution in [3.05, 3.63) is 0 Å². The highest BCUT2D eigenvalue weighted by Crippen LogP contribution is 2.34. The van der Waals surface area contributed by atoms with E-state index in [1.54, 1.807) is 20.8 Å². The zero-order valence-electron chi connectivity index (χ0n) is 29.9. The Hall–Kier alpha value is -3.18. The predicted molar refractivity (Wildman–Crippen MR) is 175 cm³/mol. The van der Waals surface area contributed by atoms with Gasteiger partial charge in [0.2, 0.25) is 17.6 Å². The molecular formula is C34H59N5O7. The van der Waals surface area contributed by atoms with Crippen molar-refractivity contribution in [2.24, 2.45) is 39.7 Å². The molecule has 2 fully saturated rings. The Morgan fingerprint density at radius 3 is 1.87 bits per heavy atom. The minimum absolute atomic E-state index is 0.0400. The second-order valence-corrected chi connectivity index (χ2v) is 16.7. The number of nitrogens with one attached hydrogen (secondary N) is 3. The number of hydrogen-bond donors (Lipinski definition) is 4. The number of nitrogens with two attached hydrogens (primary N) is 1. The molecule has 1 aliphatic heterocycles. The molecule has 1 saturated carbocycles. The number of amides is 5. The van der Waals surface area contributed by atoms with Crippen molar-refractivity contribution in [2.45, 2.75) is 132 Å². The van der Waals surface area contributed by atoms with Crippen LogP contribution in [0.2, 0.25) is 0 Å². The van der Waals surface area contributed by atoms with Gasteiger partial charge in [0.25, 0.3) is 5.91 Å². The first-order valence-corrected chi connectivity index (χ1v) is 16.6. The molecule has 1 saturated heterocycles. The summed E-state index contributed by atoms with van der Waals surface area (Å²) in [7, 11) is 0. The first-order valence-electron chi connectivity index (χ1n) is 16.6. The summed E-state index contributed by atoms with van der Waals surface area (Å²) in [5.41, 5.74) is 3.41. The molecule has 1 aliphatic carbocycles. The van der Waals surface area contributed by atoms with Gasteiger partial charge in [-0.2, -0.15) is 0 Å². The third-order valence-electron chi connectivity index (χ3n) is 9.25. The van der Waals surface area contributed by atoms with E-state index in [9.17, 15) is 28.8 Å². The quantitative estimate of drug-likeness (QED) is 0.185. The van der Waals surface area contributed by atoms with Gasteiger partial charge in [0.1, 0.15) is 18.7 Å². The lowest BCUT2D eigenvalue weighted by Crippen LogP contribution is -2.62. The van der Waals surface area contributed by atoms with Crippen molar-refractivity contribution in [3.63, 3.8) is 0 Å². The number of ketones is 1. The Bertz CT molecular complexity index is 1140. The maximum absolute atomic E-state index is 14.3. The topological polar surface area (TPSA) is 177 Å². The molecule has 0 aromatic rings. The van der Waals surface area contributed by atoms with E-state index in [4.69, 9.17) is 10.5 Å². The van der Waals surface area contributed by atoms with Gasteiger partial charge in [-0.05, 0) is 62.2 Å². The lowest BCUT2D eigenvalue weighted by molar-refractivity contribution is -0.154. The zero-order chi connectivity index (χ0) is 35.4. The smallest absolute Gasteiger partial charge is 0.315 e. The maximum Gasteiger partial charge on any atom is 0.315 e. The van der Waals surface area contributed by atoms with Crippen molar-refractivity contribution < 1.29 is 33.5 Å². The maximum atomic E-state index is 14.3. The van der Waals surface area contributed by atoms with Crippen molar-refractivity contribution >= 4 is 35.5 Å². The number of ether oxygens (including phenoxy) is 1. The van der Waals surface area contributed by atoms with Gasteiger partial charge in [-0.1, -0.05) is 74.7 Å². The molecule has 0 radical (unpaired) electrons. The standard InChI is InChI=1S/C34H59N5O7/c1-19(2)21-15-16-39(24(21)28(42)36-22(25(40)27(35)41)17-20-13-12-14-20)29(43)26(33(6,7)8)38-31(45)37-23(32(3,4)5)18-46-30(44)34(9,10)11/h19-24,26H,12-18H2,1-11H3,(H2,35,41)(H,36,42)(H2,37,38,45)/t21?,22?,23-,24+,26-/m1/s1. The van der Waals surface area contributed by atoms with Crippen LogP contribution in [0.4, 0.5) is 4.79 Å². The van der Waals surface area contributed by atoms with Gasteiger partial charge in [-0.3, -0.25) is 24.0 Å². The fourth-order valence-corrected chi connectivity index (χ4v) is 5.85. The van der Waals surface area contributed by atoms with Crippen molar-refractivity contribution in [1.82, 2.24) is 20.9 Å². The lowest BCUT2D eigenvalue weighted by Gasteiger charge is -2.38. The number of primary amides is 1. The normalized spacial score (nSPS) is 21.1. The molecule has 0 bridgehead atoms. The Kier molecular flexibility index (Phi) is 12.8. The van der Waals surface area contributed by atoms with Gasteiger partial charge in [0.15, 0.2) is 0 Å². The molecule has 0 aromatic heterocycles. The van der Waals surface area contributed by atoms with E-state index in [2.05, 4.69) is 16.0 Å². The number of urea groups is 1. The SMILES string of the molecule is CC(C)C1CCN(C(=O)[C@@H](NC(=O)N[C@H](COC(=O)C(C)(C)C)C(C)(C)C)C(C)(C)C)[C@@H]1C(=O)NC(CC1CCC1)C(=O)C(N)=O. The summed E-state index contributed by atoms with van der Waals surface area (Å²) < 4.78 is 5.52. The Balaban J connectivity index is 2.30. The van der Waals surface area contributed by atoms with Crippen LogP contribution in [-0.2, 0) is 28.7 Å². The summed E-state index contributed by atoms with van der Waals surface area (Å²) in [6.07, 6.45) is 3.75. The molecule has 262 valence electrons. The molecule has 5 amide bonds. The fraction of sp³-hybridized carbons (Fsp3) is 0.824. The minimum atomic E-state index is -1.10. The van der Waals surface area contributed by atoms with E-state index < -0.39 is 75.9 Å². The number of carbonyl (C=O) groups is 6. The molecule has 5 atom stereocenters. The van der Waals surface area contributed by atoms with Crippen molar-refractivity contribution in [3.8, 4) is 0 Å². The van der Waals surface area contributed by atoms with E-state index in [0.29, 0.717) is 19.4 Å². The van der Waals surface area contributed by atoms with Gasteiger partial charge in [-0.15, -0.1) is 0 Å². The summed E-state index contributed by atoms with van der Waals surface area (Å²) in [6, 6.07) is -4.12. The van der Waals surface area contributed by atoms with Crippen LogP contribution in [0.25, 0.3) is 0 Å². The van der Waals surface area contributed by atoms with E-state index in [1.807, 2.05) is 55.4 Å². The summed E-state index contributed by atoms with van der Waals surface area (Å²) in [6.45, 7) is 20.7. The van der Waals surface area contributed by atoms with Gasteiger partial charge >= 0.3 is 12.0 Å². The molecule has 12 nitrogen and oxygen atoms in total. The molecule has 1 heterocycles. The van der Waals surface area contributed by atoms with E-state index >= 15 is 0 Å². The second kappa shape index (κ2) is 15.2. The number of Topliss-reactive ketones (excluding diaryl/α,β-unsaturated/α-hetero) is 1. The first-order chi connectivity index (χ1) is 20.9. The summed E-state index contributed by atoms with van der Waals surface area (Å²) in [5, 5.41) is 8.52. The molecule has 0 spiro atoms. The molecule has 2 rings (SSSR count). The third kappa shape index (κ3) is 10.4. The minimum Gasteiger partial charge on any atom is -0.463 e. The fourth-order valence-electron chi connectivity index (χ4n) is 5.85. The van der Waals surface area contributed by atoms with Gasteiger partial charge in [0, 0.05) is 6.54 Å². The van der Waals surface area contributed by atoms with Crippen LogP contribution in [0, 0.1) is 34.0 Å². The molecule has 12 heteroatoms. The molecule has 2 unspecified atom stereocenters. The largest absolute Gasteiger partial charge is 0.463 e. The Morgan fingerprint density at radius 2 is 1.43 bits per heavy atom. The molecule has 5 N–H and O–H groups in total. The number of esters is 1. The van der Waals surface area contributed by atoms with Gasteiger partial charge < -0.3 is 31.3 Å². The summed E-state index contributed by atoms with van der Waals surface area (Å²) in [5.74, 6) is -3.20. The number of rotatable bonds is 12. The Morgan fingerprint density at radius 1 is 0.848 bits per heavy atom. The van der Waals surface area contributed by atoms with Crippen LogP contribution in [-0.4, -0.2) is 77.7 Å². The van der Waals surface area contributed by atoms with Crippen LogP contribution in [0.15, 0.2) is 0 Å². The monoisotopic (exact) mass is 649 g/mol. The molecule has 46 heavy (non-hydrogen) atoms. The van der Waals surface area contributed by atoms with Crippen molar-refractivity contribution in [1.29, 1.82) is 0 Å². The van der Waals surface area contributed by atoms with Crippen LogP contribution < -0.4 is 21.7 Å². The lowest BCUT2D eigenvalue weighted by atomic mass is 9.80. The number of hydrogen-bond acceptors (Lipinski definition) is 7.